The summed E-state index contributed by atoms with van der Waals surface area (Å²) in [4.78, 5) is 11.0. The van der Waals surface area contributed by atoms with Crippen molar-refractivity contribution >= 4 is 11.7 Å². The van der Waals surface area contributed by atoms with Gasteiger partial charge in [-0.1, -0.05) is 19.4 Å². The zero-order valence-corrected chi connectivity index (χ0v) is 10.1. The van der Waals surface area contributed by atoms with Crippen LogP contribution in [0.2, 0.25) is 0 Å². The molecule has 0 aliphatic rings. The number of aryl methyl sites for hydroxylation is 2. The fraction of sp³-hybridized carbons (Fsp3) is 0.462. The van der Waals surface area contributed by atoms with Gasteiger partial charge in [0.15, 0.2) is 0 Å². The summed E-state index contributed by atoms with van der Waals surface area (Å²) in [5, 5.41) is 12.1. The number of aliphatic carboxylic acids is 1. The largest absolute Gasteiger partial charge is 0.480 e. The van der Waals surface area contributed by atoms with Gasteiger partial charge in [-0.15, -0.1) is 0 Å². The van der Waals surface area contributed by atoms with E-state index in [0.29, 0.717) is 6.42 Å². The number of carboxylic acid groups (broad SMARTS) is 1. The number of hydrogen-bond donors (Lipinski definition) is 2. The predicted molar refractivity (Wildman–Crippen MR) is 65.9 cm³/mol. The summed E-state index contributed by atoms with van der Waals surface area (Å²) in [6, 6.07) is 5.52. The van der Waals surface area contributed by atoms with E-state index in [-0.39, 0.29) is 0 Å². The molecule has 0 radical (unpaired) electrons. The number of carbonyl (C=O) groups is 1. The zero-order valence-electron chi connectivity index (χ0n) is 10.1. The molecule has 3 heteroatoms. The highest BCUT2D eigenvalue weighted by Gasteiger charge is 2.15. The fourth-order valence-electron chi connectivity index (χ4n) is 1.81. The van der Waals surface area contributed by atoms with Gasteiger partial charge in [-0.25, -0.2) is 4.79 Å². The number of rotatable bonds is 5. The third-order valence-corrected chi connectivity index (χ3v) is 2.44. The van der Waals surface area contributed by atoms with Crippen LogP contribution in [0.5, 0.6) is 0 Å². The summed E-state index contributed by atoms with van der Waals surface area (Å²) < 4.78 is 0. The second-order valence-corrected chi connectivity index (χ2v) is 4.20. The van der Waals surface area contributed by atoms with Gasteiger partial charge in [0.2, 0.25) is 0 Å². The molecule has 0 fully saturated rings. The number of benzene rings is 1. The SMILES string of the molecule is CCC[C@@H](Nc1cc(C)cc(C)c1)C(=O)O. The molecule has 1 rings (SSSR count). The van der Waals surface area contributed by atoms with Crippen molar-refractivity contribution in [2.75, 3.05) is 5.32 Å². The average molecular weight is 221 g/mol. The molecule has 0 bridgehead atoms. The first kappa shape index (κ1) is 12.6. The van der Waals surface area contributed by atoms with Crippen LogP contribution >= 0.6 is 0 Å². The van der Waals surface area contributed by atoms with Crippen molar-refractivity contribution in [3.8, 4) is 0 Å². The highest BCUT2D eigenvalue weighted by atomic mass is 16.4. The third kappa shape index (κ3) is 3.57. The van der Waals surface area contributed by atoms with Crippen LogP contribution in [0.25, 0.3) is 0 Å². The van der Waals surface area contributed by atoms with Gasteiger partial charge in [0.25, 0.3) is 0 Å². The van der Waals surface area contributed by atoms with E-state index >= 15 is 0 Å². The highest BCUT2D eigenvalue weighted by molar-refractivity contribution is 5.77. The summed E-state index contributed by atoms with van der Waals surface area (Å²) in [5.74, 6) is -0.791. The van der Waals surface area contributed by atoms with Crippen LogP contribution in [-0.2, 0) is 4.79 Å². The minimum Gasteiger partial charge on any atom is -0.480 e. The van der Waals surface area contributed by atoms with Crippen molar-refractivity contribution in [2.45, 2.75) is 39.7 Å². The molecule has 1 aromatic rings. The molecule has 1 aromatic carbocycles. The first-order valence-corrected chi connectivity index (χ1v) is 5.60. The summed E-state index contributed by atoms with van der Waals surface area (Å²) in [5.41, 5.74) is 3.17. The minimum atomic E-state index is -0.791. The van der Waals surface area contributed by atoms with E-state index in [0.717, 1.165) is 23.2 Å². The number of hydrogen-bond acceptors (Lipinski definition) is 2. The minimum absolute atomic E-state index is 0.494. The van der Waals surface area contributed by atoms with Crippen molar-refractivity contribution in [3.63, 3.8) is 0 Å². The van der Waals surface area contributed by atoms with Gasteiger partial charge in [0.05, 0.1) is 0 Å². The van der Waals surface area contributed by atoms with Crippen LogP contribution in [0.1, 0.15) is 30.9 Å². The zero-order chi connectivity index (χ0) is 12.1. The van der Waals surface area contributed by atoms with Crippen molar-refractivity contribution in [2.24, 2.45) is 0 Å². The van der Waals surface area contributed by atoms with Crippen molar-refractivity contribution in [3.05, 3.63) is 29.3 Å². The van der Waals surface area contributed by atoms with E-state index in [4.69, 9.17) is 5.11 Å². The Morgan fingerprint density at radius 1 is 1.31 bits per heavy atom. The van der Waals surface area contributed by atoms with E-state index in [1.54, 1.807) is 0 Å². The van der Waals surface area contributed by atoms with Gasteiger partial charge >= 0.3 is 5.97 Å². The summed E-state index contributed by atoms with van der Waals surface area (Å²) in [6.07, 6.45) is 1.50. The topological polar surface area (TPSA) is 49.3 Å². The first-order valence-electron chi connectivity index (χ1n) is 5.60. The molecule has 0 amide bonds. The second kappa shape index (κ2) is 5.54. The summed E-state index contributed by atoms with van der Waals surface area (Å²) in [7, 11) is 0. The summed E-state index contributed by atoms with van der Waals surface area (Å²) in [6.45, 7) is 6.00. The van der Waals surface area contributed by atoms with E-state index < -0.39 is 12.0 Å². The predicted octanol–water partition coefficient (Wildman–Crippen LogP) is 2.97. The van der Waals surface area contributed by atoms with Crippen LogP contribution in [0.3, 0.4) is 0 Å². The van der Waals surface area contributed by atoms with Crippen LogP contribution in [-0.4, -0.2) is 17.1 Å². The van der Waals surface area contributed by atoms with E-state index in [9.17, 15) is 4.79 Å². The maximum atomic E-state index is 11.0. The van der Waals surface area contributed by atoms with Crippen molar-refractivity contribution in [1.29, 1.82) is 0 Å². The van der Waals surface area contributed by atoms with Gasteiger partial charge < -0.3 is 10.4 Å². The van der Waals surface area contributed by atoms with Crippen molar-refractivity contribution < 1.29 is 9.90 Å². The Morgan fingerprint density at radius 3 is 2.31 bits per heavy atom. The van der Waals surface area contributed by atoms with Gasteiger partial charge in [0.1, 0.15) is 6.04 Å². The standard InChI is InChI=1S/C13H19NO2/c1-4-5-12(13(15)16)14-11-7-9(2)6-10(3)8-11/h6-8,12,14H,4-5H2,1-3H3,(H,15,16)/t12-/m1/s1. The Hall–Kier alpha value is -1.51. The van der Waals surface area contributed by atoms with Crippen LogP contribution in [0, 0.1) is 13.8 Å². The maximum Gasteiger partial charge on any atom is 0.326 e. The number of carboxylic acids is 1. The van der Waals surface area contributed by atoms with Crippen molar-refractivity contribution in [1.82, 2.24) is 0 Å². The molecule has 0 saturated heterocycles. The monoisotopic (exact) mass is 221 g/mol. The van der Waals surface area contributed by atoms with Crippen LogP contribution in [0.15, 0.2) is 18.2 Å². The lowest BCUT2D eigenvalue weighted by Gasteiger charge is -2.15. The molecule has 0 spiro atoms. The summed E-state index contributed by atoms with van der Waals surface area (Å²) >= 11 is 0. The van der Waals surface area contributed by atoms with Gasteiger partial charge in [-0.2, -0.15) is 0 Å². The van der Waals surface area contributed by atoms with Gasteiger partial charge in [-0.05, 0) is 43.5 Å². The lowest BCUT2D eigenvalue weighted by Crippen LogP contribution is -2.28. The van der Waals surface area contributed by atoms with Crippen LogP contribution < -0.4 is 5.32 Å². The molecule has 88 valence electrons. The Labute approximate surface area is 96.5 Å². The van der Waals surface area contributed by atoms with E-state index in [1.807, 2.05) is 32.9 Å². The Bertz CT molecular complexity index is 354. The molecule has 0 heterocycles. The number of anilines is 1. The lowest BCUT2D eigenvalue weighted by atomic mass is 10.1. The molecule has 0 aliphatic carbocycles. The fourth-order valence-corrected chi connectivity index (χ4v) is 1.81. The second-order valence-electron chi connectivity index (χ2n) is 4.20. The molecule has 2 N–H and O–H groups in total. The van der Waals surface area contributed by atoms with Gasteiger partial charge in [-0.3, -0.25) is 0 Å². The van der Waals surface area contributed by atoms with E-state index in [1.165, 1.54) is 0 Å². The molecule has 16 heavy (non-hydrogen) atoms. The number of nitrogens with one attached hydrogen (secondary N) is 1. The maximum absolute atomic E-state index is 11.0. The third-order valence-electron chi connectivity index (χ3n) is 2.44. The lowest BCUT2D eigenvalue weighted by molar-refractivity contribution is -0.138. The molecule has 0 aromatic heterocycles. The molecule has 0 aliphatic heterocycles. The first-order chi connectivity index (χ1) is 7.52. The van der Waals surface area contributed by atoms with E-state index in [2.05, 4.69) is 11.4 Å². The quantitative estimate of drug-likeness (QED) is 0.803. The molecule has 3 nitrogen and oxygen atoms in total. The Kier molecular flexibility index (Phi) is 4.35. The molecule has 0 saturated carbocycles. The van der Waals surface area contributed by atoms with Gasteiger partial charge in [0, 0.05) is 5.69 Å². The normalized spacial score (nSPS) is 12.2. The Balaban J connectivity index is 2.80. The molecular weight excluding hydrogens is 202 g/mol. The van der Waals surface area contributed by atoms with Crippen LogP contribution in [0.4, 0.5) is 5.69 Å². The molecule has 0 unspecified atom stereocenters. The molecular formula is C13H19NO2. The smallest absolute Gasteiger partial charge is 0.326 e. The Morgan fingerprint density at radius 2 is 1.88 bits per heavy atom. The molecule has 1 atom stereocenters. The highest BCUT2D eigenvalue weighted by Crippen LogP contribution is 2.16. The average Bonchev–Trinajstić information content (AvgIpc) is 2.15.